The summed E-state index contributed by atoms with van der Waals surface area (Å²) in [5.74, 6) is -0.917. The van der Waals surface area contributed by atoms with Gasteiger partial charge < -0.3 is 14.4 Å². The SMILES string of the molecule is COCC(C)n1c(SCC(=O)O)nc2cccc(Cl)c21. The quantitative estimate of drug-likeness (QED) is 0.830. The van der Waals surface area contributed by atoms with E-state index < -0.39 is 5.97 Å². The summed E-state index contributed by atoms with van der Waals surface area (Å²) < 4.78 is 7.12. The molecule has 0 radical (unpaired) electrons. The first-order chi connectivity index (χ1) is 9.54. The Morgan fingerprint density at radius 3 is 3.00 bits per heavy atom. The maximum absolute atomic E-state index is 10.8. The van der Waals surface area contributed by atoms with Gasteiger partial charge in [-0.05, 0) is 19.1 Å². The molecule has 20 heavy (non-hydrogen) atoms. The summed E-state index contributed by atoms with van der Waals surface area (Å²) >= 11 is 7.44. The third-order valence-electron chi connectivity index (χ3n) is 2.80. The predicted octanol–water partition coefficient (Wildman–Crippen LogP) is 3.07. The summed E-state index contributed by atoms with van der Waals surface area (Å²) in [6, 6.07) is 5.51. The second-order valence-electron chi connectivity index (χ2n) is 4.36. The third-order valence-corrected chi connectivity index (χ3v) is 4.04. The zero-order valence-electron chi connectivity index (χ0n) is 11.2. The summed E-state index contributed by atoms with van der Waals surface area (Å²) in [6.45, 7) is 2.48. The van der Waals surface area contributed by atoms with Gasteiger partial charge in [0, 0.05) is 7.11 Å². The number of hydrogen-bond acceptors (Lipinski definition) is 4. The van der Waals surface area contributed by atoms with E-state index in [4.69, 9.17) is 21.4 Å². The summed E-state index contributed by atoms with van der Waals surface area (Å²) in [5.41, 5.74) is 1.57. The Labute approximate surface area is 125 Å². The van der Waals surface area contributed by atoms with Crippen molar-refractivity contribution in [1.82, 2.24) is 9.55 Å². The van der Waals surface area contributed by atoms with Crippen molar-refractivity contribution in [3.05, 3.63) is 23.2 Å². The number of para-hydroxylation sites is 1. The molecule has 5 nitrogen and oxygen atoms in total. The van der Waals surface area contributed by atoms with Crippen molar-refractivity contribution >= 4 is 40.4 Å². The zero-order valence-corrected chi connectivity index (χ0v) is 12.7. The molecular formula is C13H15ClN2O3S. The number of methoxy groups -OCH3 is 1. The molecule has 0 spiro atoms. The minimum absolute atomic E-state index is 0.0150. The van der Waals surface area contributed by atoms with E-state index in [0.29, 0.717) is 16.8 Å². The van der Waals surface area contributed by atoms with Crippen molar-refractivity contribution in [3.8, 4) is 0 Å². The number of aliphatic carboxylic acids is 1. The minimum Gasteiger partial charge on any atom is -0.481 e. The number of carboxylic acid groups (broad SMARTS) is 1. The monoisotopic (exact) mass is 314 g/mol. The number of aromatic nitrogens is 2. The van der Waals surface area contributed by atoms with Crippen molar-refractivity contribution in [2.45, 2.75) is 18.1 Å². The molecule has 1 aromatic carbocycles. The standard InChI is InChI=1S/C13H15ClN2O3S/c1-8(6-19-2)16-12-9(14)4-3-5-10(12)15-13(16)20-7-11(17)18/h3-5,8H,6-7H2,1-2H3,(H,17,18). The topological polar surface area (TPSA) is 64.3 Å². The van der Waals surface area contributed by atoms with Gasteiger partial charge in [0.15, 0.2) is 5.16 Å². The van der Waals surface area contributed by atoms with E-state index in [9.17, 15) is 4.79 Å². The van der Waals surface area contributed by atoms with Crippen molar-refractivity contribution in [3.63, 3.8) is 0 Å². The van der Waals surface area contributed by atoms with Gasteiger partial charge >= 0.3 is 5.97 Å². The molecule has 0 amide bonds. The van der Waals surface area contributed by atoms with Gasteiger partial charge in [0.1, 0.15) is 0 Å². The first kappa shape index (κ1) is 15.2. The first-order valence-corrected chi connectivity index (χ1v) is 7.41. The van der Waals surface area contributed by atoms with E-state index in [1.54, 1.807) is 13.2 Å². The van der Waals surface area contributed by atoms with E-state index >= 15 is 0 Å². The van der Waals surface area contributed by atoms with Gasteiger partial charge in [0.05, 0.1) is 34.5 Å². The van der Waals surface area contributed by atoms with Crippen LogP contribution in [0.3, 0.4) is 0 Å². The van der Waals surface area contributed by atoms with Crippen LogP contribution < -0.4 is 0 Å². The van der Waals surface area contributed by atoms with Gasteiger partial charge in [0.25, 0.3) is 0 Å². The van der Waals surface area contributed by atoms with Crippen LogP contribution in [0.1, 0.15) is 13.0 Å². The van der Waals surface area contributed by atoms with Gasteiger partial charge in [-0.1, -0.05) is 29.4 Å². The predicted molar refractivity (Wildman–Crippen MR) is 79.7 cm³/mol. The number of nitrogens with zero attached hydrogens (tertiary/aromatic N) is 2. The number of benzene rings is 1. The highest BCUT2D eigenvalue weighted by molar-refractivity contribution is 7.99. The van der Waals surface area contributed by atoms with Crippen LogP contribution in [0.25, 0.3) is 11.0 Å². The Kier molecular flexibility index (Phi) is 4.91. The van der Waals surface area contributed by atoms with Crippen molar-refractivity contribution in [2.75, 3.05) is 19.5 Å². The van der Waals surface area contributed by atoms with E-state index in [0.717, 1.165) is 11.0 Å². The van der Waals surface area contributed by atoms with Crippen molar-refractivity contribution < 1.29 is 14.6 Å². The molecule has 0 fully saturated rings. The van der Waals surface area contributed by atoms with Crippen LogP contribution in [0, 0.1) is 0 Å². The Hall–Kier alpha value is -1.24. The number of halogens is 1. The number of hydrogen-bond donors (Lipinski definition) is 1. The molecule has 0 saturated heterocycles. The number of carbonyl (C=O) groups is 1. The zero-order chi connectivity index (χ0) is 14.7. The lowest BCUT2D eigenvalue weighted by Crippen LogP contribution is -2.13. The highest BCUT2D eigenvalue weighted by atomic mass is 35.5. The number of ether oxygens (including phenoxy) is 1. The van der Waals surface area contributed by atoms with Crippen LogP contribution in [-0.4, -0.2) is 40.1 Å². The van der Waals surface area contributed by atoms with Crippen LogP contribution in [0.5, 0.6) is 0 Å². The van der Waals surface area contributed by atoms with Gasteiger partial charge in [-0.3, -0.25) is 4.79 Å². The average molecular weight is 315 g/mol. The fourth-order valence-electron chi connectivity index (χ4n) is 2.04. The molecule has 0 aliphatic rings. The fraction of sp³-hybridized carbons (Fsp3) is 0.385. The lowest BCUT2D eigenvalue weighted by molar-refractivity contribution is -0.133. The smallest absolute Gasteiger partial charge is 0.313 e. The number of fused-ring (bicyclic) bond motifs is 1. The number of carboxylic acids is 1. The molecule has 1 unspecified atom stereocenters. The molecule has 2 rings (SSSR count). The van der Waals surface area contributed by atoms with E-state index in [1.807, 2.05) is 23.6 Å². The minimum atomic E-state index is -0.876. The maximum Gasteiger partial charge on any atom is 0.313 e. The Bertz CT molecular complexity index is 629. The van der Waals surface area contributed by atoms with Crippen LogP contribution in [0.15, 0.2) is 23.4 Å². The highest BCUT2D eigenvalue weighted by Gasteiger charge is 2.19. The fourth-order valence-corrected chi connectivity index (χ4v) is 3.12. The third kappa shape index (κ3) is 3.08. The largest absolute Gasteiger partial charge is 0.481 e. The highest BCUT2D eigenvalue weighted by Crippen LogP contribution is 2.32. The lowest BCUT2D eigenvalue weighted by Gasteiger charge is -2.16. The van der Waals surface area contributed by atoms with E-state index in [2.05, 4.69) is 4.98 Å². The molecule has 1 heterocycles. The molecule has 0 aliphatic carbocycles. The van der Waals surface area contributed by atoms with Crippen LogP contribution >= 0.6 is 23.4 Å². The molecule has 1 aromatic heterocycles. The summed E-state index contributed by atoms with van der Waals surface area (Å²) in [5, 5.41) is 10.1. The van der Waals surface area contributed by atoms with Gasteiger partial charge in [-0.25, -0.2) is 4.98 Å². The van der Waals surface area contributed by atoms with Crippen LogP contribution in [0.4, 0.5) is 0 Å². The molecule has 108 valence electrons. The Balaban J connectivity index is 2.51. The number of thioether (sulfide) groups is 1. The first-order valence-electron chi connectivity index (χ1n) is 6.04. The van der Waals surface area contributed by atoms with Crippen molar-refractivity contribution in [1.29, 1.82) is 0 Å². The van der Waals surface area contributed by atoms with Gasteiger partial charge in [-0.15, -0.1) is 0 Å². The number of rotatable bonds is 6. The summed E-state index contributed by atoms with van der Waals surface area (Å²) in [7, 11) is 1.63. The molecule has 2 aromatic rings. The van der Waals surface area contributed by atoms with E-state index in [1.165, 1.54) is 11.8 Å². The molecule has 1 atom stereocenters. The Morgan fingerprint density at radius 1 is 1.60 bits per heavy atom. The second-order valence-corrected chi connectivity index (χ2v) is 5.71. The summed E-state index contributed by atoms with van der Waals surface area (Å²) in [6.07, 6.45) is 0. The Morgan fingerprint density at radius 2 is 2.35 bits per heavy atom. The lowest BCUT2D eigenvalue weighted by atomic mass is 10.3. The molecule has 0 aliphatic heterocycles. The average Bonchev–Trinajstić information content (AvgIpc) is 2.76. The normalized spacial score (nSPS) is 12.8. The molecular weight excluding hydrogens is 300 g/mol. The summed E-state index contributed by atoms with van der Waals surface area (Å²) in [4.78, 5) is 15.2. The molecule has 7 heteroatoms. The molecule has 0 bridgehead atoms. The van der Waals surface area contributed by atoms with E-state index in [-0.39, 0.29) is 11.8 Å². The number of imidazole rings is 1. The maximum atomic E-state index is 10.8. The van der Waals surface area contributed by atoms with Crippen molar-refractivity contribution in [2.24, 2.45) is 0 Å². The van der Waals surface area contributed by atoms with Gasteiger partial charge in [-0.2, -0.15) is 0 Å². The van der Waals surface area contributed by atoms with Crippen LogP contribution in [-0.2, 0) is 9.53 Å². The molecule has 1 N–H and O–H groups in total. The second kappa shape index (κ2) is 6.47. The van der Waals surface area contributed by atoms with Crippen LogP contribution in [0.2, 0.25) is 5.02 Å². The van der Waals surface area contributed by atoms with Gasteiger partial charge in [0.2, 0.25) is 0 Å². The molecule has 0 saturated carbocycles.